The fraction of sp³-hybridized carbons (Fsp3) is 0.200. The van der Waals surface area contributed by atoms with E-state index in [1.54, 1.807) is 6.92 Å². The van der Waals surface area contributed by atoms with Crippen LogP contribution in [0.3, 0.4) is 0 Å². The first kappa shape index (κ1) is 12.2. The summed E-state index contributed by atoms with van der Waals surface area (Å²) in [5, 5.41) is 7.34. The first-order valence-electron chi connectivity index (χ1n) is 4.60. The number of halogens is 3. The smallest absolute Gasteiger partial charge is 0.427 e. The van der Waals surface area contributed by atoms with E-state index >= 15 is 0 Å². The van der Waals surface area contributed by atoms with Crippen LogP contribution in [0.25, 0.3) is 0 Å². The van der Waals surface area contributed by atoms with Gasteiger partial charge in [-0.15, -0.1) is 10.2 Å². The molecule has 1 aromatic heterocycles. The molecule has 3 nitrogen and oxygen atoms in total. The zero-order valence-electron chi connectivity index (χ0n) is 8.65. The highest BCUT2D eigenvalue weighted by molar-refractivity contribution is 7.11. The Balaban J connectivity index is 2.19. The summed E-state index contributed by atoms with van der Waals surface area (Å²) in [6.07, 6.45) is -3.49. The molecule has 0 saturated carbocycles. The van der Waals surface area contributed by atoms with Gasteiger partial charge in [0.2, 0.25) is 5.01 Å². The number of rotatable bonds is 3. The molecule has 1 heterocycles. The van der Waals surface area contributed by atoms with E-state index in [9.17, 15) is 8.78 Å². The molecule has 0 spiro atoms. The van der Waals surface area contributed by atoms with Crippen LogP contribution in [0.4, 0.5) is 8.78 Å². The summed E-state index contributed by atoms with van der Waals surface area (Å²) in [6, 6.07) is 5.67. The molecular weight excluding hydrogens is 270 g/mol. The molecule has 17 heavy (non-hydrogen) atoms. The second kappa shape index (κ2) is 4.54. The third-order valence-electron chi connectivity index (χ3n) is 1.83. The summed E-state index contributed by atoms with van der Waals surface area (Å²) in [6.45, 7) is 1.60. The number of aromatic nitrogens is 2. The number of ether oxygens (including phenoxy) is 1. The second-order valence-corrected chi connectivity index (χ2v) is 4.82. The van der Waals surface area contributed by atoms with Gasteiger partial charge < -0.3 is 4.74 Å². The number of aryl methyl sites for hydroxylation is 1. The van der Waals surface area contributed by atoms with Gasteiger partial charge in [-0.2, -0.15) is 8.78 Å². The monoisotopic (exact) mass is 276 g/mol. The minimum Gasteiger partial charge on any atom is -0.427 e. The van der Waals surface area contributed by atoms with Crippen LogP contribution in [0.2, 0.25) is 5.02 Å². The lowest BCUT2D eigenvalue weighted by Gasteiger charge is -2.14. The number of alkyl halides is 2. The molecule has 0 aliphatic heterocycles. The molecule has 0 bridgehead atoms. The maximum absolute atomic E-state index is 13.6. The Kier molecular flexibility index (Phi) is 3.26. The summed E-state index contributed by atoms with van der Waals surface area (Å²) in [4.78, 5) is 0. The Labute approximate surface area is 105 Å². The van der Waals surface area contributed by atoms with Crippen LogP contribution in [0.15, 0.2) is 24.3 Å². The predicted octanol–water partition coefficient (Wildman–Crippen LogP) is 3.63. The summed E-state index contributed by atoms with van der Waals surface area (Å²) in [7, 11) is 0. The highest BCUT2D eigenvalue weighted by Crippen LogP contribution is 2.33. The maximum Gasteiger partial charge on any atom is 0.456 e. The summed E-state index contributed by atoms with van der Waals surface area (Å²) >= 11 is 6.43. The zero-order chi connectivity index (χ0) is 12.5. The minimum atomic E-state index is -3.49. The highest BCUT2D eigenvalue weighted by atomic mass is 35.5. The molecule has 2 aromatic rings. The molecule has 1 aromatic carbocycles. The molecule has 0 aliphatic rings. The van der Waals surface area contributed by atoms with Crippen LogP contribution in [0, 0.1) is 6.92 Å². The van der Waals surface area contributed by atoms with Gasteiger partial charge in [-0.1, -0.05) is 22.9 Å². The molecule has 0 radical (unpaired) electrons. The van der Waals surface area contributed by atoms with Crippen LogP contribution >= 0.6 is 22.9 Å². The van der Waals surface area contributed by atoms with E-state index in [2.05, 4.69) is 14.9 Å². The molecule has 0 fully saturated rings. The molecule has 7 heteroatoms. The molecular formula is C10H7ClF2N2OS. The van der Waals surface area contributed by atoms with Crippen molar-refractivity contribution in [3.8, 4) is 5.75 Å². The Bertz CT molecular complexity index is 515. The van der Waals surface area contributed by atoms with Crippen molar-refractivity contribution in [2.24, 2.45) is 0 Å². The summed E-state index contributed by atoms with van der Waals surface area (Å²) in [5.74, 6) is 0.0206. The average Bonchev–Trinajstić information content (AvgIpc) is 2.69. The number of benzene rings is 1. The van der Waals surface area contributed by atoms with E-state index < -0.39 is 11.1 Å². The van der Waals surface area contributed by atoms with Crippen molar-refractivity contribution < 1.29 is 13.5 Å². The maximum atomic E-state index is 13.6. The van der Waals surface area contributed by atoms with Crippen molar-refractivity contribution in [3.05, 3.63) is 39.3 Å². The van der Waals surface area contributed by atoms with E-state index in [4.69, 9.17) is 11.6 Å². The van der Waals surface area contributed by atoms with Crippen molar-refractivity contribution in [3.63, 3.8) is 0 Å². The topological polar surface area (TPSA) is 35.0 Å². The average molecular weight is 277 g/mol. The Morgan fingerprint density at radius 1 is 1.24 bits per heavy atom. The van der Waals surface area contributed by atoms with Crippen LogP contribution in [-0.2, 0) is 6.11 Å². The van der Waals surface area contributed by atoms with Crippen molar-refractivity contribution in [2.45, 2.75) is 13.0 Å². The lowest BCUT2D eigenvalue weighted by atomic mass is 10.3. The van der Waals surface area contributed by atoms with Crippen molar-refractivity contribution in [1.29, 1.82) is 0 Å². The second-order valence-electron chi connectivity index (χ2n) is 3.20. The predicted molar refractivity (Wildman–Crippen MR) is 60.6 cm³/mol. The van der Waals surface area contributed by atoms with Crippen LogP contribution < -0.4 is 4.74 Å². The third-order valence-corrected chi connectivity index (χ3v) is 2.98. The van der Waals surface area contributed by atoms with Crippen molar-refractivity contribution in [2.75, 3.05) is 0 Å². The minimum absolute atomic E-state index is 0.0206. The van der Waals surface area contributed by atoms with Crippen LogP contribution in [0.1, 0.15) is 10.0 Å². The number of hydrogen-bond acceptors (Lipinski definition) is 4. The van der Waals surface area contributed by atoms with Gasteiger partial charge in [0.15, 0.2) is 0 Å². The molecule has 90 valence electrons. The SMILES string of the molecule is Cc1nnc(C(F)(F)Oc2ccc(Cl)cc2)s1. The van der Waals surface area contributed by atoms with Gasteiger partial charge in [-0.3, -0.25) is 0 Å². The first-order valence-corrected chi connectivity index (χ1v) is 5.80. The van der Waals surface area contributed by atoms with Gasteiger partial charge in [0.05, 0.1) is 0 Å². The van der Waals surface area contributed by atoms with Crippen molar-refractivity contribution in [1.82, 2.24) is 10.2 Å². The van der Waals surface area contributed by atoms with Gasteiger partial charge in [0.25, 0.3) is 0 Å². The summed E-state index contributed by atoms with van der Waals surface area (Å²) in [5.41, 5.74) is 0. The molecule has 0 unspecified atom stereocenters. The largest absolute Gasteiger partial charge is 0.456 e. The molecule has 0 aliphatic carbocycles. The van der Waals surface area contributed by atoms with Gasteiger partial charge >= 0.3 is 6.11 Å². The fourth-order valence-electron chi connectivity index (χ4n) is 1.11. The lowest BCUT2D eigenvalue weighted by molar-refractivity contribution is -0.185. The van der Waals surface area contributed by atoms with E-state index in [1.807, 2.05) is 0 Å². The van der Waals surface area contributed by atoms with Gasteiger partial charge in [0, 0.05) is 5.02 Å². The van der Waals surface area contributed by atoms with E-state index in [1.165, 1.54) is 24.3 Å². The first-order chi connectivity index (χ1) is 7.97. The Hall–Kier alpha value is -1.27. The van der Waals surface area contributed by atoms with E-state index in [-0.39, 0.29) is 5.75 Å². The van der Waals surface area contributed by atoms with Crippen molar-refractivity contribution >= 4 is 22.9 Å². The molecule has 2 rings (SSSR count). The number of nitrogens with zero attached hydrogens (tertiary/aromatic N) is 2. The fourth-order valence-corrected chi connectivity index (χ4v) is 1.84. The lowest BCUT2D eigenvalue weighted by Crippen LogP contribution is -2.21. The highest BCUT2D eigenvalue weighted by Gasteiger charge is 2.39. The van der Waals surface area contributed by atoms with Gasteiger partial charge in [-0.25, -0.2) is 0 Å². The molecule has 0 atom stereocenters. The molecule has 0 saturated heterocycles. The quantitative estimate of drug-likeness (QED) is 0.859. The van der Waals surface area contributed by atoms with Crippen LogP contribution in [0.5, 0.6) is 5.75 Å². The Morgan fingerprint density at radius 3 is 2.41 bits per heavy atom. The molecule has 0 amide bonds. The third kappa shape index (κ3) is 2.89. The number of hydrogen-bond donors (Lipinski definition) is 0. The summed E-state index contributed by atoms with van der Waals surface area (Å²) < 4.78 is 31.8. The van der Waals surface area contributed by atoms with E-state index in [0.29, 0.717) is 10.0 Å². The van der Waals surface area contributed by atoms with Gasteiger partial charge in [0.1, 0.15) is 10.8 Å². The van der Waals surface area contributed by atoms with E-state index in [0.717, 1.165) is 11.3 Å². The zero-order valence-corrected chi connectivity index (χ0v) is 10.2. The molecule has 0 N–H and O–H groups in total. The van der Waals surface area contributed by atoms with Gasteiger partial charge in [-0.05, 0) is 31.2 Å². The standard InChI is InChI=1S/C10H7ClF2N2OS/c1-6-14-15-9(17-6)10(12,13)16-8-4-2-7(11)3-5-8/h2-5H,1H3. The normalized spacial score (nSPS) is 11.5. The Morgan fingerprint density at radius 2 is 1.88 bits per heavy atom. The van der Waals surface area contributed by atoms with Crippen LogP contribution in [-0.4, -0.2) is 10.2 Å².